The van der Waals surface area contributed by atoms with Crippen molar-refractivity contribution < 1.29 is 23.8 Å². The zero-order valence-electron chi connectivity index (χ0n) is 18.9. The van der Waals surface area contributed by atoms with Crippen molar-refractivity contribution in [2.45, 2.75) is 25.3 Å². The number of ether oxygens (including phenoxy) is 3. The first-order valence-corrected chi connectivity index (χ1v) is 10.4. The first-order chi connectivity index (χ1) is 15.4. The number of carbonyl (C=O) groups is 2. The van der Waals surface area contributed by atoms with Gasteiger partial charge in [0.15, 0.2) is 0 Å². The number of benzene rings is 1. The summed E-state index contributed by atoms with van der Waals surface area (Å²) in [4.78, 5) is 31.9. The molecule has 1 unspecified atom stereocenters. The molecule has 3 amide bonds. The Morgan fingerprint density at radius 1 is 1.16 bits per heavy atom. The molecule has 1 atom stereocenters. The largest absolute Gasteiger partial charge is 0.481 e. The summed E-state index contributed by atoms with van der Waals surface area (Å²) in [6.45, 7) is 3.26. The summed E-state index contributed by atoms with van der Waals surface area (Å²) < 4.78 is 15.7. The van der Waals surface area contributed by atoms with Gasteiger partial charge in [0.25, 0.3) is 5.91 Å². The number of nitrogens with one attached hydrogen (secondary N) is 2. The van der Waals surface area contributed by atoms with Crippen LogP contribution in [0.1, 0.15) is 28.8 Å². The van der Waals surface area contributed by atoms with E-state index in [1.165, 1.54) is 14.2 Å². The number of likely N-dealkylation sites (tertiary alicyclic amines) is 1. The van der Waals surface area contributed by atoms with Gasteiger partial charge < -0.3 is 29.7 Å². The van der Waals surface area contributed by atoms with Gasteiger partial charge in [0.05, 0.1) is 19.8 Å². The van der Waals surface area contributed by atoms with Crippen molar-refractivity contribution in [2.24, 2.45) is 0 Å². The molecule has 9 heteroatoms. The SMILES string of the molecule is COCCC1(NC(=O)Nc2cccc(C)c2)CCN(C(=O)c2ccc(OC)nc2OC)C1. The second kappa shape index (κ2) is 10.3. The Morgan fingerprint density at radius 2 is 1.97 bits per heavy atom. The van der Waals surface area contributed by atoms with Crippen LogP contribution in [0, 0.1) is 6.92 Å². The summed E-state index contributed by atoms with van der Waals surface area (Å²) in [6, 6.07) is 10.5. The summed E-state index contributed by atoms with van der Waals surface area (Å²) in [5.74, 6) is 0.356. The van der Waals surface area contributed by atoms with Crippen LogP contribution in [0.5, 0.6) is 11.8 Å². The van der Waals surface area contributed by atoms with Crippen molar-refractivity contribution in [1.29, 1.82) is 0 Å². The minimum atomic E-state index is -0.604. The molecule has 9 nitrogen and oxygen atoms in total. The maximum absolute atomic E-state index is 13.2. The number of carbonyl (C=O) groups excluding carboxylic acids is 2. The van der Waals surface area contributed by atoms with Crippen molar-refractivity contribution in [3.8, 4) is 11.8 Å². The van der Waals surface area contributed by atoms with E-state index in [0.717, 1.165) is 5.56 Å². The van der Waals surface area contributed by atoms with Gasteiger partial charge in [-0.05, 0) is 43.5 Å². The van der Waals surface area contributed by atoms with E-state index in [2.05, 4.69) is 15.6 Å². The highest BCUT2D eigenvalue weighted by Crippen LogP contribution is 2.29. The Hall–Kier alpha value is -3.33. The second-order valence-corrected chi connectivity index (χ2v) is 7.86. The molecule has 1 saturated heterocycles. The van der Waals surface area contributed by atoms with Gasteiger partial charge in [0.2, 0.25) is 11.8 Å². The summed E-state index contributed by atoms with van der Waals surface area (Å²) in [6.07, 6.45) is 1.18. The Kier molecular flexibility index (Phi) is 7.53. The molecular formula is C23H30N4O5. The number of hydrogen-bond acceptors (Lipinski definition) is 6. The number of urea groups is 1. The highest BCUT2D eigenvalue weighted by molar-refractivity contribution is 5.97. The van der Waals surface area contributed by atoms with Crippen molar-refractivity contribution >= 4 is 17.6 Å². The highest BCUT2D eigenvalue weighted by Gasteiger charge is 2.41. The maximum atomic E-state index is 13.2. The van der Waals surface area contributed by atoms with E-state index in [1.807, 2.05) is 31.2 Å². The molecule has 1 aliphatic rings. The Bertz CT molecular complexity index is 967. The molecule has 3 rings (SSSR count). The van der Waals surface area contributed by atoms with E-state index >= 15 is 0 Å². The van der Waals surface area contributed by atoms with Crippen LogP contribution in [-0.2, 0) is 4.74 Å². The molecule has 0 saturated carbocycles. The van der Waals surface area contributed by atoms with Gasteiger partial charge in [-0.1, -0.05) is 12.1 Å². The lowest BCUT2D eigenvalue weighted by atomic mass is 9.94. The van der Waals surface area contributed by atoms with Crippen molar-refractivity contribution in [2.75, 3.05) is 46.3 Å². The molecule has 1 aliphatic heterocycles. The number of rotatable bonds is 8. The van der Waals surface area contributed by atoms with Crippen LogP contribution in [0.3, 0.4) is 0 Å². The van der Waals surface area contributed by atoms with E-state index in [9.17, 15) is 9.59 Å². The average molecular weight is 443 g/mol. The van der Waals surface area contributed by atoms with E-state index in [1.54, 1.807) is 24.1 Å². The average Bonchev–Trinajstić information content (AvgIpc) is 3.20. The Morgan fingerprint density at radius 3 is 2.66 bits per heavy atom. The number of methoxy groups -OCH3 is 3. The zero-order valence-corrected chi connectivity index (χ0v) is 18.9. The van der Waals surface area contributed by atoms with E-state index in [4.69, 9.17) is 14.2 Å². The third-order valence-corrected chi connectivity index (χ3v) is 5.55. The van der Waals surface area contributed by atoms with E-state index in [0.29, 0.717) is 49.7 Å². The van der Waals surface area contributed by atoms with Gasteiger partial charge in [0, 0.05) is 38.6 Å². The lowest BCUT2D eigenvalue weighted by Gasteiger charge is -2.30. The quantitative estimate of drug-likeness (QED) is 0.652. The van der Waals surface area contributed by atoms with Crippen LogP contribution < -0.4 is 20.1 Å². The van der Waals surface area contributed by atoms with E-state index in [-0.39, 0.29) is 17.8 Å². The van der Waals surface area contributed by atoms with Crippen LogP contribution >= 0.6 is 0 Å². The molecular weight excluding hydrogens is 412 g/mol. The number of nitrogens with zero attached hydrogens (tertiary/aromatic N) is 2. The fourth-order valence-corrected chi connectivity index (χ4v) is 3.86. The first-order valence-electron chi connectivity index (χ1n) is 10.4. The fourth-order valence-electron chi connectivity index (χ4n) is 3.86. The minimum Gasteiger partial charge on any atom is -0.481 e. The fraction of sp³-hybridized carbons (Fsp3) is 0.435. The lowest BCUT2D eigenvalue weighted by molar-refractivity contribution is 0.0768. The van der Waals surface area contributed by atoms with Crippen molar-refractivity contribution in [3.05, 3.63) is 47.5 Å². The van der Waals surface area contributed by atoms with E-state index < -0.39 is 5.54 Å². The summed E-state index contributed by atoms with van der Waals surface area (Å²) >= 11 is 0. The van der Waals surface area contributed by atoms with Crippen LogP contribution in [0.4, 0.5) is 10.5 Å². The lowest BCUT2D eigenvalue weighted by Crippen LogP contribution is -2.53. The number of anilines is 1. The van der Waals surface area contributed by atoms with Crippen molar-refractivity contribution in [1.82, 2.24) is 15.2 Å². The Balaban J connectivity index is 1.74. The van der Waals surface area contributed by atoms with Gasteiger partial charge in [-0.2, -0.15) is 4.98 Å². The summed E-state index contributed by atoms with van der Waals surface area (Å²) in [5.41, 5.74) is 1.51. The zero-order chi connectivity index (χ0) is 23.1. The number of hydrogen-bond donors (Lipinski definition) is 2. The third kappa shape index (κ3) is 5.47. The topological polar surface area (TPSA) is 102 Å². The minimum absolute atomic E-state index is 0.203. The number of amides is 3. The molecule has 0 bridgehead atoms. The molecule has 1 aromatic heterocycles. The first kappa shape index (κ1) is 23.3. The Labute approximate surface area is 188 Å². The van der Waals surface area contributed by atoms with Crippen LogP contribution in [0.15, 0.2) is 36.4 Å². The van der Waals surface area contributed by atoms with Crippen LogP contribution in [0.25, 0.3) is 0 Å². The van der Waals surface area contributed by atoms with Crippen LogP contribution in [0.2, 0.25) is 0 Å². The molecule has 0 spiro atoms. The van der Waals surface area contributed by atoms with Gasteiger partial charge in [-0.15, -0.1) is 0 Å². The summed E-state index contributed by atoms with van der Waals surface area (Å²) in [7, 11) is 4.58. The molecule has 32 heavy (non-hydrogen) atoms. The standard InChI is InChI=1S/C23H30N4O5/c1-16-6-5-7-17(14-16)24-22(29)26-23(11-13-30-2)10-12-27(15-23)21(28)18-8-9-19(31-3)25-20(18)32-4/h5-9,14H,10-13,15H2,1-4H3,(H2,24,26,29). The number of aryl methyl sites for hydroxylation is 1. The molecule has 0 aliphatic carbocycles. The van der Waals surface area contributed by atoms with Crippen LogP contribution in [-0.4, -0.2) is 68.4 Å². The number of aromatic nitrogens is 1. The van der Waals surface area contributed by atoms with Gasteiger partial charge in [-0.3, -0.25) is 4.79 Å². The summed E-state index contributed by atoms with van der Waals surface area (Å²) in [5, 5.41) is 5.97. The van der Waals surface area contributed by atoms with Gasteiger partial charge in [0.1, 0.15) is 5.56 Å². The maximum Gasteiger partial charge on any atom is 0.319 e. The predicted octanol–water partition coefficient (Wildman–Crippen LogP) is 2.85. The van der Waals surface area contributed by atoms with Gasteiger partial charge in [-0.25, -0.2) is 4.79 Å². The molecule has 172 valence electrons. The van der Waals surface area contributed by atoms with Crippen molar-refractivity contribution in [3.63, 3.8) is 0 Å². The molecule has 2 heterocycles. The predicted molar refractivity (Wildman–Crippen MR) is 120 cm³/mol. The monoisotopic (exact) mass is 442 g/mol. The normalized spacial score (nSPS) is 17.7. The molecule has 2 aromatic rings. The molecule has 2 N–H and O–H groups in total. The highest BCUT2D eigenvalue weighted by atomic mass is 16.5. The molecule has 1 aromatic carbocycles. The van der Waals surface area contributed by atoms with Gasteiger partial charge >= 0.3 is 6.03 Å². The smallest absolute Gasteiger partial charge is 0.319 e. The number of pyridine rings is 1. The molecule has 1 fully saturated rings. The third-order valence-electron chi connectivity index (χ3n) is 5.55. The molecule has 0 radical (unpaired) electrons. The second-order valence-electron chi connectivity index (χ2n) is 7.86.